The SMILES string of the molecule is COc1ccc(CCNC(=O)CSc2nnc(-c3ccc(NC(=O)c4ccccc4Br)cc3)n2C)cc1OC. The van der Waals surface area contributed by atoms with E-state index in [4.69, 9.17) is 9.47 Å². The smallest absolute Gasteiger partial charge is 0.256 e. The number of halogens is 1. The Balaban J connectivity index is 1.28. The Morgan fingerprint density at radius 1 is 0.974 bits per heavy atom. The van der Waals surface area contributed by atoms with E-state index in [1.54, 1.807) is 20.3 Å². The number of amides is 2. The van der Waals surface area contributed by atoms with E-state index in [-0.39, 0.29) is 17.6 Å². The van der Waals surface area contributed by atoms with Gasteiger partial charge in [0.05, 0.1) is 25.5 Å². The van der Waals surface area contributed by atoms with Crippen LogP contribution in [-0.2, 0) is 18.3 Å². The van der Waals surface area contributed by atoms with Crippen LogP contribution in [-0.4, -0.2) is 53.1 Å². The standard InChI is InChI=1S/C28H28BrN5O4S/c1-34-26(19-9-11-20(12-10-19)31-27(36)21-6-4-5-7-22(21)29)32-33-28(34)39-17-25(35)30-15-14-18-8-13-23(37-2)24(16-18)38-3/h4-13,16H,14-15,17H2,1-3H3,(H,30,35)(H,31,36). The highest BCUT2D eigenvalue weighted by molar-refractivity contribution is 9.10. The third-order valence-corrected chi connectivity index (χ3v) is 7.58. The molecular weight excluding hydrogens is 582 g/mol. The molecule has 11 heteroatoms. The Morgan fingerprint density at radius 3 is 2.44 bits per heavy atom. The van der Waals surface area contributed by atoms with Crippen LogP contribution in [0.15, 0.2) is 76.4 Å². The van der Waals surface area contributed by atoms with E-state index in [1.165, 1.54) is 11.8 Å². The number of hydrogen-bond acceptors (Lipinski definition) is 7. The number of anilines is 1. The van der Waals surface area contributed by atoms with Gasteiger partial charge in [-0.15, -0.1) is 10.2 Å². The molecule has 1 aromatic heterocycles. The first-order chi connectivity index (χ1) is 18.9. The van der Waals surface area contributed by atoms with E-state index in [2.05, 4.69) is 36.8 Å². The van der Waals surface area contributed by atoms with Crippen molar-refractivity contribution >= 4 is 45.2 Å². The van der Waals surface area contributed by atoms with Crippen LogP contribution in [0.3, 0.4) is 0 Å². The van der Waals surface area contributed by atoms with E-state index < -0.39 is 0 Å². The fourth-order valence-corrected chi connectivity index (χ4v) is 5.01. The quantitative estimate of drug-likeness (QED) is 0.231. The van der Waals surface area contributed by atoms with Gasteiger partial charge in [0.2, 0.25) is 5.91 Å². The number of hydrogen-bond donors (Lipinski definition) is 2. The van der Waals surface area contributed by atoms with E-state index in [9.17, 15) is 9.59 Å². The number of ether oxygens (including phenoxy) is 2. The van der Waals surface area contributed by atoms with E-state index in [1.807, 2.05) is 72.3 Å². The van der Waals surface area contributed by atoms with Crippen molar-refractivity contribution in [2.24, 2.45) is 7.05 Å². The van der Waals surface area contributed by atoms with Crippen molar-refractivity contribution in [3.8, 4) is 22.9 Å². The minimum atomic E-state index is -0.199. The highest BCUT2D eigenvalue weighted by Gasteiger charge is 2.14. The minimum Gasteiger partial charge on any atom is -0.493 e. The zero-order valence-electron chi connectivity index (χ0n) is 21.7. The van der Waals surface area contributed by atoms with Crippen molar-refractivity contribution in [3.63, 3.8) is 0 Å². The molecule has 202 valence electrons. The first-order valence-electron chi connectivity index (χ1n) is 12.1. The Labute approximate surface area is 239 Å². The molecule has 0 atom stereocenters. The fraction of sp³-hybridized carbons (Fsp3) is 0.214. The number of methoxy groups -OCH3 is 2. The van der Waals surface area contributed by atoms with Crippen molar-refractivity contribution < 1.29 is 19.1 Å². The van der Waals surface area contributed by atoms with Crippen molar-refractivity contribution in [2.45, 2.75) is 11.6 Å². The topological polar surface area (TPSA) is 107 Å². The highest BCUT2D eigenvalue weighted by atomic mass is 79.9. The van der Waals surface area contributed by atoms with Crippen LogP contribution >= 0.6 is 27.7 Å². The molecule has 9 nitrogen and oxygen atoms in total. The second kappa shape index (κ2) is 13.3. The van der Waals surface area contributed by atoms with Gasteiger partial charge in [0.15, 0.2) is 22.5 Å². The van der Waals surface area contributed by atoms with Crippen molar-refractivity contribution in [3.05, 3.63) is 82.3 Å². The molecule has 0 aliphatic carbocycles. The van der Waals surface area contributed by atoms with Gasteiger partial charge in [0, 0.05) is 29.3 Å². The van der Waals surface area contributed by atoms with Crippen LogP contribution in [0, 0.1) is 0 Å². The lowest BCUT2D eigenvalue weighted by Crippen LogP contribution is -2.27. The number of thioether (sulfide) groups is 1. The number of carbonyl (C=O) groups excluding carboxylic acids is 2. The van der Waals surface area contributed by atoms with Gasteiger partial charge in [-0.1, -0.05) is 30.0 Å². The summed E-state index contributed by atoms with van der Waals surface area (Å²) in [5, 5.41) is 15.0. The molecule has 0 spiro atoms. The van der Waals surface area contributed by atoms with E-state index >= 15 is 0 Å². The first kappa shape index (κ1) is 28.2. The highest BCUT2D eigenvalue weighted by Crippen LogP contribution is 2.28. The van der Waals surface area contributed by atoms with Gasteiger partial charge in [-0.25, -0.2) is 0 Å². The lowest BCUT2D eigenvalue weighted by atomic mass is 10.1. The van der Waals surface area contributed by atoms with Crippen LogP contribution in [0.25, 0.3) is 11.4 Å². The molecule has 0 aliphatic heterocycles. The van der Waals surface area contributed by atoms with Crippen LogP contribution in [0.4, 0.5) is 5.69 Å². The fourth-order valence-electron chi connectivity index (χ4n) is 3.80. The third kappa shape index (κ3) is 7.18. The molecule has 0 saturated carbocycles. The monoisotopic (exact) mass is 609 g/mol. The summed E-state index contributed by atoms with van der Waals surface area (Å²) in [6, 6.07) is 20.3. The molecule has 4 rings (SSSR count). The summed E-state index contributed by atoms with van der Waals surface area (Å²) in [4.78, 5) is 24.9. The molecule has 3 aromatic carbocycles. The minimum absolute atomic E-state index is 0.0878. The summed E-state index contributed by atoms with van der Waals surface area (Å²) in [6.07, 6.45) is 0.671. The molecule has 39 heavy (non-hydrogen) atoms. The molecule has 1 heterocycles. The van der Waals surface area contributed by atoms with Gasteiger partial charge in [0.1, 0.15) is 0 Å². The summed E-state index contributed by atoms with van der Waals surface area (Å²) < 4.78 is 13.2. The second-order valence-corrected chi connectivity index (χ2v) is 10.3. The first-order valence-corrected chi connectivity index (χ1v) is 13.8. The number of aromatic nitrogens is 3. The van der Waals surface area contributed by atoms with Gasteiger partial charge in [0.25, 0.3) is 5.91 Å². The van der Waals surface area contributed by atoms with Gasteiger partial charge in [-0.2, -0.15) is 0 Å². The summed E-state index contributed by atoms with van der Waals surface area (Å²) in [6.45, 7) is 0.503. The Bertz CT molecular complexity index is 1460. The van der Waals surface area contributed by atoms with E-state index in [0.717, 1.165) is 15.6 Å². The molecule has 0 fully saturated rings. The average molecular weight is 611 g/mol. The summed E-state index contributed by atoms with van der Waals surface area (Å²) in [7, 11) is 5.05. The van der Waals surface area contributed by atoms with Crippen LogP contribution in [0.1, 0.15) is 15.9 Å². The lowest BCUT2D eigenvalue weighted by Gasteiger charge is -2.10. The summed E-state index contributed by atoms with van der Waals surface area (Å²) >= 11 is 4.72. The lowest BCUT2D eigenvalue weighted by molar-refractivity contribution is -0.118. The zero-order valence-corrected chi connectivity index (χ0v) is 24.1. The molecular formula is C28H28BrN5O4S. The molecule has 0 saturated heterocycles. The predicted molar refractivity (Wildman–Crippen MR) is 156 cm³/mol. The number of nitrogens with one attached hydrogen (secondary N) is 2. The number of nitrogens with zero attached hydrogens (tertiary/aromatic N) is 3. The molecule has 0 radical (unpaired) electrons. The van der Waals surface area contributed by atoms with Crippen molar-refractivity contribution in [1.82, 2.24) is 20.1 Å². The van der Waals surface area contributed by atoms with Gasteiger partial charge < -0.3 is 24.7 Å². The number of carbonyl (C=O) groups is 2. The molecule has 0 bridgehead atoms. The van der Waals surface area contributed by atoms with Crippen molar-refractivity contribution in [1.29, 1.82) is 0 Å². The van der Waals surface area contributed by atoms with Crippen LogP contribution < -0.4 is 20.1 Å². The maximum atomic E-state index is 12.5. The Morgan fingerprint density at radius 2 is 1.72 bits per heavy atom. The van der Waals surface area contributed by atoms with Gasteiger partial charge in [-0.05, 0) is 76.4 Å². The average Bonchev–Trinajstić information content (AvgIpc) is 3.32. The Kier molecular flexibility index (Phi) is 9.61. The maximum absolute atomic E-state index is 12.5. The van der Waals surface area contributed by atoms with Crippen molar-refractivity contribution in [2.75, 3.05) is 31.8 Å². The maximum Gasteiger partial charge on any atom is 0.256 e. The normalized spacial score (nSPS) is 10.7. The zero-order chi connectivity index (χ0) is 27.8. The molecule has 0 aliphatic rings. The van der Waals surface area contributed by atoms with E-state index in [0.29, 0.717) is 46.7 Å². The van der Waals surface area contributed by atoms with Crippen LogP contribution in [0.5, 0.6) is 11.5 Å². The van der Waals surface area contributed by atoms with Crippen LogP contribution in [0.2, 0.25) is 0 Å². The molecule has 4 aromatic rings. The van der Waals surface area contributed by atoms with Gasteiger partial charge in [-0.3, -0.25) is 9.59 Å². The molecule has 0 unspecified atom stereocenters. The van der Waals surface area contributed by atoms with Gasteiger partial charge >= 0.3 is 0 Å². The molecule has 2 amide bonds. The summed E-state index contributed by atoms with van der Waals surface area (Å²) in [5.74, 6) is 1.93. The predicted octanol–water partition coefficient (Wildman–Crippen LogP) is 4.97. The third-order valence-electron chi connectivity index (χ3n) is 5.87. The Hall–Kier alpha value is -3.83. The number of benzene rings is 3. The summed E-state index contributed by atoms with van der Waals surface area (Å²) in [5.41, 5.74) is 3.11. The number of rotatable bonds is 11. The second-order valence-electron chi connectivity index (χ2n) is 8.45. The largest absolute Gasteiger partial charge is 0.493 e. The molecule has 2 N–H and O–H groups in total.